The number of hydrogen-bond donors (Lipinski definition) is 1. The molecule has 0 saturated heterocycles. The fraction of sp³-hybridized carbons (Fsp3) is 0.375. The normalized spacial score (nSPS) is 14.3. The molecule has 0 radical (unpaired) electrons. The van der Waals surface area contributed by atoms with Gasteiger partial charge >= 0.3 is 5.97 Å². The third-order valence-electron chi connectivity index (χ3n) is 5.91. The van der Waals surface area contributed by atoms with Crippen molar-refractivity contribution in [2.45, 2.75) is 32.9 Å². The van der Waals surface area contributed by atoms with Gasteiger partial charge in [-0.25, -0.2) is 4.79 Å². The average molecular weight is 466 g/mol. The van der Waals surface area contributed by atoms with Crippen LogP contribution in [0, 0.1) is 5.92 Å². The lowest BCUT2D eigenvalue weighted by Gasteiger charge is -2.23. The van der Waals surface area contributed by atoms with Crippen molar-refractivity contribution in [2.75, 3.05) is 20.2 Å². The van der Waals surface area contributed by atoms with Gasteiger partial charge in [0.2, 0.25) is 0 Å². The second-order valence-corrected chi connectivity index (χ2v) is 8.44. The second-order valence-electron chi connectivity index (χ2n) is 8.44. The van der Waals surface area contributed by atoms with Crippen molar-refractivity contribution in [1.82, 2.24) is 25.0 Å². The van der Waals surface area contributed by atoms with E-state index in [9.17, 15) is 14.4 Å². The molecule has 1 aliphatic rings. The number of fused-ring (bicyclic) bond motifs is 1. The Morgan fingerprint density at radius 3 is 2.38 bits per heavy atom. The Labute approximate surface area is 196 Å². The first kappa shape index (κ1) is 23.2. The lowest BCUT2D eigenvalue weighted by atomic mass is 10.0. The van der Waals surface area contributed by atoms with Crippen molar-refractivity contribution >= 4 is 17.8 Å². The highest BCUT2D eigenvalue weighted by molar-refractivity contribution is 5.96. The van der Waals surface area contributed by atoms with Gasteiger partial charge in [-0.15, -0.1) is 10.2 Å². The minimum absolute atomic E-state index is 0.0680. The van der Waals surface area contributed by atoms with E-state index in [4.69, 9.17) is 9.15 Å². The van der Waals surface area contributed by atoms with Crippen molar-refractivity contribution < 1.29 is 23.5 Å². The number of furan rings is 1. The van der Waals surface area contributed by atoms with Crippen molar-refractivity contribution in [2.24, 2.45) is 5.92 Å². The molecule has 0 saturated carbocycles. The highest BCUT2D eigenvalue weighted by Gasteiger charge is 2.29. The lowest BCUT2D eigenvalue weighted by Crippen LogP contribution is -2.35. The van der Waals surface area contributed by atoms with E-state index in [-0.39, 0.29) is 23.8 Å². The summed E-state index contributed by atoms with van der Waals surface area (Å²) in [5.41, 5.74) is 1.33. The van der Waals surface area contributed by atoms with Crippen LogP contribution < -0.4 is 5.32 Å². The van der Waals surface area contributed by atoms with Crippen LogP contribution in [0.1, 0.15) is 62.6 Å². The highest BCUT2D eigenvalue weighted by atomic mass is 16.5. The predicted molar refractivity (Wildman–Crippen MR) is 121 cm³/mol. The number of hydrogen-bond acceptors (Lipinski definition) is 7. The van der Waals surface area contributed by atoms with E-state index in [0.29, 0.717) is 48.6 Å². The number of nitrogens with one attached hydrogen (secondary N) is 1. The predicted octanol–water partition coefficient (Wildman–Crippen LogP) is 2.48. The molecule has 4 rings (SSSR count). The van der Waals surface area contributed by atoms with Crippen LogP contribution >= 0.6 is 0 Å². The van der Waals surface area contributed by atoms with Gasteiger partial charge in [-0.3, -0.25) is 9.59 Å². The Bertz CT molecular complexity index is 1170. The van der Waals surface area contributed by atoms with Gasteiger partial charge in [-0.05, 0) is 36.2 Å². The van der Waals surface area contributed by atoms with Crippen molar-refractivity contribution in [3.05, 3.63) is 71.2 Å². The molecular formula is C24H27N5O5. The SMILES string of the molecule is COC(=O)c1ccc(C(=O)N2CCc3nnc([C@H](NC(=O)c4ccoc4)C(C)C)n3CC2)cc1. The number of carbonyl (C=O) groups excluding carboxylic acids is 3. The summed E-state index contributed by atoms with van der Waals surface area (Å²) in [5.74, 6) is 0.696. The number of aromatic nitrogens is 3. The zero-order valence-electron chi connectivity index (χ0n) is 19.4. The highest BCUT2D eigenvalue weighted by Crippen LogP contribution is 2.23. The molecule has 0 fully saturated rings. The van der Waals surface area contributed by atoms with Gasteiger partial charge in [0.15, 0.2) is 5.82 Å². The van der Waals surface area contributed by atoms with E-state index in [1.165, 1.54) is 19.6 Å². The van der Waals surface area contributed by atoms with Crippen LogP contribution in [0.4, 0.5) is 0 Å². The first-order valence-corrected chi connectivity index (χ1v) is 11.1. The molecule has 34 heavy (non-hydrogen) atoms. The van der Waals surface area contributed by atoms with Gasteiger partial charge in [0.25, 0.3) is 11.8 Å². The number of amides is 2. The van der Waals surface area contributed by atoms with E-state index in [1.54, 1.807) is 35.2 Å². The first-order chi connectivity index (χ1) is 16.4. The summed E-state index contributed by atoms with van der Waals surface area (Å²) >= 11 is 0. The fourth-order valence-corrected chi connectivity index (χ4v) is 3.98. The summed E-state index contributed by atoms with van der Waals surface area (Å²) in [5, 5.41) is 11.8. The molecule has 2 amide bonds. The van der Waals surface area contributed by atoms with E-state index in [0.717, 1.165) is 5.82 Å². The largest absolute Gasteiger partial charge is 0.472 e. The molecule has 178 valence electrons. The number of esters is 1. The number of ether oxygens (including phenoxy) is 1. The topological polar surface area (TPSA) is 120 Å². The van der Waals surface area contributed by atoms with Crippen LogP contribution in [-0.2, 0) is 17.7 Å². The summed E-state index contributed by atoms with van der Waals surface area (Å²) in [7, 11) is 1.32. The van der Waals surface area contributed by atoms with Crippen LogP contribution in [0.5, 0.6) is 0 Å². The lowest BCUT2D eigenvalue weighted by molar-refractivity contribution is 0.0599. The molecule has 3 heterocycles. The Hall–Kier alpha value is -3.95. The Morgan fingerprint density at radius 1 is 1.00 bits per heavy atom. The molecule has 1 N–H and O–H groups in total. The zero-order chi connectivity index (χ0) is 24.2. The summed E-state index contributed by atoms with van der Waals surface area (Å²) in [4.78, 5) is 39.1. The molecule has 0 spiro atoms. The Morgan fingerprint density at radius 2 is 1.74 bits per heavy atom. The number of nitrogens with zero attached hydrogens (tertiary/aromatic N) is 4. The van der Waals surface area contributed by atoms with E-state index in [1.807, 2.05) is 18.4 Å². The monoisotopic (exact) mass is 465 g/mol. The number of methoxy groups -OCH3 is 1. The molecule has 1 aromatic carbocycles. The Balaban J connectivity index is 1.48. The maximum atomic E-state index is 13.1. The molecule has 10 nitrogen and oxygen atoms in total. The van der Waals surface area contributed by atoms with E-state index in [2.05, 4.69) is 15.5 Å². The van der Waals surface area contributed by atoms with Gasteiger partial charge in [0.05, 0.1) is 30.5 Å². The molecule has 3 aromatic rings. The molecule has 1 atom stereocenters. The standard InChI is InChI=1S/C24H27N5O5/c1-15(2)20(25-22(30)18-9-13-34-14-18)21-27-26-19-8-10-28(11-12-29(19)21)23(31)16-4-6-17(7-5-16)24(32)33-3/h4-7,9,13-15,20H,8,10-12H2,1-3H3,(H,25,30)/t20-/m1/s1. The van der Waals surface area contributed by atoms with Crippen LogP contribution in [0.2, 0.25) is 0 Å². The third kappa shape index (κ3) is 4.70. The van der Waals surface area contributed by atoms with Crippen molar-refractivity contribution in [3.8, 4) is 0 Å². The molecular weight excluding hydrogens is 438 g/mol. The third-order valence-corrected chi connectivity index (χ3v) is 5.91. The van der Waals surface area contributed by atoms with Crippen LogP contribution in [0.3, 0.4) is 0 Å². The van der Waals surface area contributed by atoms with Crippen LogP contribution in [-0.4, -0.2) is 57.6 Å². The molecule has 2 aromatic heterocycles. The maximum Gasteiger partial charge on any atom is 0.337 e. The maximum absolute atomic E-state index is 13.1. The van der Waals surface area contributed by atoms with Crippen molar-refractivity contribution in [1.29, 1.82) is 0 Å². The van der Waals surface area contributed by atoms with E-state index < -0.39 is 5.97 Å². The summed E-state index contributed by atoms with van der Waals surface area (Å²) in [6.45, 7) is 5.48. The van der Waals surface area contributed by atoms with E-state index >= 15 is 0 Å². The van der Waals surface area contributed by atoms with Crippen LogP contribution in [0.15, 0.2) is 47.3 Å². The minimum atomic E-state index is -0.446. The number of rotatable bonds is 6. The molecule has 0 unspecified atom stereocenters. The van der Waals surface area contributed by atoms with Gasteiger partial charge in [0.1, 0.15) is 12.1 Å². The molecule has 10 heteroatoms. The second kappa shape index (κ2) is 9.90. The quantitative estimate of drug-likeness (QED) is 0.556. The molecule has 1 aliphatic heterocycles. The van der Waals surface area contributed by atoms with Gasteiger partial charge in [-0.2, -0.15) is 0 Å². The summed E-state index contributed by atoms with van der Waals surface area (Å²) in [6.07, 6.45) is 3.40. The molecule has 0 aliphatic carbocycles. The summed E-state index contributed by atoms with van der Waals surface area (Å²) < 4.78 is 11.7. The first-order valence-electron chi connectivity index (χ1n) is 11.1. The zero-order valence-corrected chi connectivity index (χ0v) is 19.4. The fourth-order valence-electron chi connectivity index (χ4n) is 3.98. The van der Waals surface area contributed by atoms with Gasteiger partial charge in [-0.1, -0.05) is 13.8 Å². The van der Waals surface area contributed by atoms with Crippen molar-refractivity contribution in [3.63, 3.8) is 0 Å². The number of carbonyl (C=O) groups is 3. The van der Waals surface area contributed by atoms with Crippen LogP contribution in [0.25, 0.3) is 0 Å². The summed E-state index contributed by atoms with van der Waals surface area (Å²) in [6, 6.07) is 7.69. The number of benzene rings is 1. The molecule has 0 bridgehead atoms. The van der Waals surface area contributed by atoms with Gasteiger partial charge < -0.3 is 23.9 Å². The van der Waals surface area contributed by atoms with Gasteiger partial charge in [0, 0.05) is 31.6 Å². The minimum Gasteiger partial charge on any atom is -0.472 e. The smallest absolute Gasteiger partial charge is 0.337 e. The Kier molecular flexibility index (Phi) is 6.76. The average Bonchev–Trinajstić information content (AvgIpc) is 3.48.